The van der Waals surface area contributed by atoms with Crippen molar-refractivity contribution in [2.45, 2.75) is 0 Å². The van der Waals surface area contributed by atoms with Crippen LogP contribution in [-0.4, -0.2) is 17.0 Å². The first-order valence-corrected chi connectivity index (χ1v) is 3.19. The van der Waals surface area contributed by atoms with Crippen LogP contribution in [0.4, 0.5) is 5.95 Å². The highest BCUT2D eigenvalue weighted by molar-refractivity contribution is 9.10. The van der Waals surface area contributed by atoms with Gasteiger partial charge in [0.1, 0.15) is 0 Å². The minimum Gasteiger partial charge on any atom is -0.397 e. The van der Waals surface area contributed by atoms with E-state index in [4.69, 9.17) is 0 Å². The van der Waals surface area contributed by atoms with E-state index in [-0.39, 0.29) is 0 Å². The van der Waals surface area contributed by atoms with Gasteiger partial charge in [0, 0.05) is 10.4 Å². The molecule has 1 heterocycles. The molecular formula is C5H5BrN3-. The fourth-order valence-corrected chi connectivity index (χ4v) is 0.626. The van der Waals surface area contributed by atoms with Gasteiger partial charge in [0.15, 0.2) is 0 Å². The van der Waals surface area contributed by atoms with E-state index in [1.807, 2.05) is 0 Å². The van der Waals surface area contributed by atoms with E-state index in [2.05, 4.69) is 31.2 Å². The molecule has 0 saturated heterocycles. The maximum atomic E-state index is 3.87. The van der Waals surface area contributed by atoms with Crippen LogP contribution in [0.25, 0.3) is 5.32 Å². The Kier molecular flexibility index (Phi) is 2.00. The second-order valence-corrected chi connectivity index (χ2v) is 2.34. The molecule has 0 aliphatic carbocycles. The lowest BCUT2D eigenvalue weighted by Gasteiger charge is -2.05. The van der Waals surface area contributed by atoms with Crippen LogP contribution < -0.4 is 0 Å². The van der Waals surface area contributed by atoms with Crippen LogP contribution in [0.15, 0.2) is 16.9 Å². The van der Waals surface area contributed by atoms with Crippen molar-refractivity contribution in [3.05, 3.63) is 22.2 Å². The molecule has 0 amide bonds. The maximum Gasteiger partial charge on any atom is 0.0229 e. The van der Waals surface area contributed by atoms with E-state index < -0.39 is 0 Å². The average molecular weight is 187 g/mol. The number of aromatic nitrogens is 2. The molecule has 0 fully saturated rings. The Bertz CT molecular complexity index is 184. The monoisotopic (exact) mass is 186 g/mol. The van der Waals surface area contributed by atoms with Gasteiger partial charge in [-0.15, -0.1) is 0 Å². The smallest absolute Gasteiger partial charge is 0.0229 e. The number of nitrogens with zero attached hydrogens (tertiary/aromatic N) is 3. The van der Waals surface area contributed by atoms with Crippen molar-refractivity contribution >= 4 is 21.9 Å². The normalized spacial score (nSPS) is 9.11. The Balaban J connectivity index is 2.88. The van der Waals surface area contributed by atoms with E-state index in [0.717, 1.165) is 4.47 Å². The third-order valence-corrected chi connectivity index (χ3v) is 1.22. The van der Waals surface area contributed by atoms with Gasteiger partial charge in [-0.2, -0.15) is 0 Å². The molecule has 1 rings (SSSR count). The molecular weight excluding hydrogens is 182 g/mol. The van der Waals surface area contributed by atoms with Crippen molar-refractivity contribution in [2.75, 3.05) is 7.05 Å². The Morgan fingerprint density at radius 2 is 2.00 bits per heavy atom. The average Bonchev–Trinajstić information content (AvgIpc) is 1.90. The van der Waals surface area contributed by atoms with Crippen molar-refractivity contribution in [1.29, 1.82) is 0 Å². The molecule has 0 bridgehead atoms. The predicted octanol–water partition coefficient (Wildman–Crippen LogP) is 1.87. The quantitative estimate of drug-likeness (QED) is 0.673. The summed E-state index contributed by atoms with van der Waals surface area (Å²) in [5.74, 6) is 0.512. The van der Waals surface area contributed by atoms with Crippen molar-refractivity contribution in [3.8, 4) is 0 Å². The summed E-state index contributed by atoms with van der Waals surface area (Å²) in [7, 11) is 1.66. The molecule has 0 atom stereocenters. The fourth-order valence-electron chi connectivity index (χ4n) is 0.421. The number of hydrogen-bond acceptors (Lipinski definition) is 2. The van der Waals surface area contributed by atoms with Crippen LogP contribution in [0, 0.1) is 0 Å². The van der Waals surface area contributed by atoms with Gasteiger partial charge in [-0.1, -0.05) is 15.9 Å². The van der Waals surface area contributed by atoms with Gasteiger partial charge in [-0.25, -0.2) is 0 Å². The molecule has 4 heteroatoms. The first-order valence-electron chi connectivity index (χ1n) is 2.40. The van der Waals surface area contributed by atoms with Crippen LogP contribution in [0.2, 0.25) is 0 Å². The molecule has 0 radical (unpaired) electrons. The molecule has 0 aromatic carbocycles. The van der Waals surface area contributed by atoms with Gasteiger partial charge in [-0.05, 0) is 19.4 Å². The van der Waals surface area contributed by atoms with Crippen LogP contribution >= 0.6 is 15.9 Å². The summed E-state index contributed by atoms with van der Waals surface area (Å²) in [6.45, 7) is 0. The van der Waals surface area contributed by atoms with Gasteiger partial charge in [0.2, 0.25) is 0 Å². The molecule has 0 N–H and O–H groups in total. The first kappa shape index (κ1) is 6.48. The Labute approximate surface area is 61.7 Å². The van der Waals surface area contributed by atoms with Crippen molar-refractivity contribution in [1.82, 2.24) is 9.97 Å². The third-order valence-electron chi connectivity index (χ3n) is 0.807. The SMILES string of the molecule is C[N-]c1ncc(Br)cn1. The van der Waals surface area contributed by atoms with Crippen LogP contribution in [0.3, 0.4) is 0 Å². The summed E-state index contributed by atoms with van der Waals surface area (Å²) >= 11 is 3.21. The Morgan fingerprint density at radius 1 is 1.44 bits per heavy atom. The number of halogens is 1. The van der Waals surface area contributed by atoms with Gasteiger partial charge in [-0.3, -0.25) is 0 Å². The van der Waals surface area contributed by atoms with Crippen molar-refractivity contribution in [2.24, 2.45) is 0 Å². The third kappa shape index (κ3) is 1.64. The molecule has 48 valence electrons. The molecule has 0 saturated carbocycles. The van der Waals surface area contributed by atoms with E-state index >= 15 is 0 Å². The molecule has 3 nitrogen and oxygen atoms in total. The zero-order valence-electron chi connectivity index (χ0n) is 4.87. The molecule has 9 heavy (non-hydrogen) atoms. The Morgan fingerprint density at radius 3 is 2.44 bits per heavy atom. The van der Waals surface area contributed by atoms with E-state index in [1.165, 1.54) is 0 Å². The highest BCUT2D eigenvalue weighted by Gasteiger charge is 1.78. The summed E-state index contributed by atoms with van der Waals surface area (Å²) in [5, 5.41) is 3.77. The van der Waals surface area contributed by atoms with Crippen molar-refractivity contribution < 1.29 is 0 Å². The minimum atomic E-state index is 0.512. The lowest BCUT2D eigenvalue weighted by molar-refractivity contribution is 1.16. The second kappa shape index (κ2) is 2.77. The summed E-state index contributed by atoms with van der Waals surface area (Å²) < 4.78 is 0.870. The van der Waals surface area contributed by atoms with Crippen LogP contribution in [0.5, 0.6) is 0 Å². The second-order valence-electron chi connectivity index (χ2n) is 1.42. The highest BCUT2D eigenvalue weighted by atomic mass is 79.9. The number of hydrogen-bond donors (Lipinski definition) is 0. The summed E-state index contributed by atoms with van der Waals surface area (Å²) in [4.78, 5) is 7.74. The zero-order chi connectivity index (χ0) is 6.69. The van der Waals surface area contributed by atoms with Crippen LogP contribution in [-0.2, 0) is 0 Å². The standard InChI is InChI=1S/C5H5BrN3/c1-7-5-8-2-4(6)3-9-5/h2-3H,1H3/q-1. The minimum absolute atomic E-state index is 0.512. The number of rotatable bonds is 1. The molecule has 0 aliphatic heterocycles. The molecule has 1 aromatic rings. The van der Waals surface area contributed by atoms with Gasteiger partial charge < -0.3 is 15.3 Å². The lowest BCUT2D eigenvalue weighted by atomic mass is 10.7. The lowest BCUT2D eigenvalue weighted by Crippen LogP contribution is -1.78. The van der Waals surface area contributed by atoms with Gasteiger partial charge in [0.05, 0.1) is 0 Å². The predicted molar refractivity (Wildman–Crippen MR) is 38.7 cm³/mol. The largest absolute Gasteiger partial charge is 0.397 e. The van der Waals surface area contributed by atoms with Crippen LogP contribution in [0.1, 0.15) is 0 Å². The molecule has 0 spiro atoms. The van der Waals surface area contributed by atoms with Gasteiger partial charge in [0.25, 0.3) is 0 Å². The molecule has 1 aromatic heterocycles. The maximum absolute atomic E-state index is 3.87. The van der Waals surface area contributed by atoms with Crippen molar-refractivity contribution in [3.63, 3.8) is 0 Å². The molecule has 0 aliphatic rings. The molecule has 0 unspecified atom stereocenters. The zero-order valence-corrected chi connectivity index (χ0v) is 6.46. The summed E-state index contributed by atoms with van der Waals surface area (Å²) in [6.07, 6.45) is 3.32. The summed E-state index contributed by atoms with van der Waals surface area (Å²) in [5.41, 5.74) is 0. The first-order chi connectivity index (χ1) is 4.33. The highest BCUT2D eigenvalue weighted by Crippen LogP contribution is 2.10. The summed E-state index contributed by atoms with van der Waals surface area (Å²) in [6, 6.07) is 0. The topological polar surface area (TPSA) is 39.9 Å². The van der Waals surface area contributed by atoms with E-state index in [1.54, 1.807) is 19.4 Å². The van der Waals surface area contributed by atoms with Gasteiger partial charge >= 0.3 is 0 Å². The van der Waals surface area contributed by atoms with E-state index in [9.17, 15) is 0 Å². The fraction of sp³-hybridized carbons (Fsp3) is 0.200. The Hall–Kier alpha value is -0.640. The van der Waals surface area contributed by atoms with E-state index in [0.29, 0.717) is 5.95 Å².